The van der Waals surface area contributed by atoms with Gasteiger partial charge in [0.15, 0.2) is 0 Å². The van der Waals surface area contributed by atoms with Gasteiger partial charge in [-0.1, -0.05) is 23.7 Å². The Morgan fingerprint density at radius 2 is 1.88 bits per heavy atom. The molecule has 0 fully saturated rings. The van der Waals surface area contributed by atoms with Crippen molar-refractivity contribution in [1.82, 2.24) is 4.57 Å². The summed E-state index contributed by atoms with van der Waals surface area (Å²) in [6.45, 7) is 3.96. The molecule has 0 unspecified atom stereocenters. The lowest BCUT2D eigenvalue weighted by molar-refractivity contribution is 0.405. The molecule has 0 bridgehead atoms. The Labute approximate surface area is 151 Å². The number of aromatic hydroxyl groups is 1. The summed E-state index contributed by atoms with van der Waals surface area (Å²) in [5.41, 5.74) is 2.16. The van der Waals surface area contributed by atoms with Crippen LogP contribution in [0.25, 0.3) is 21.9 Å². The summed E-state index contributed by atoms with van der Waals surface area (Å²) in [7, 11) is -3.34. The number of halogens is 1. The molecule has 0 radical (unpaired) electrons. The molecule has 0 aliphatic carbocycles. The fraction of sp³-hybridized carbons (Fsp3) is 0.222. The quantitative estimate of drug-likeness (QED) is 0.695. The summed E-state index contributed by atoms with van der Waals surface area (Å²) in [5.74, 6) is 0.147. The van der Waals surface area contributed by atoms with Crippen LogP contribution in [0, 0.1) is 0 Å². The van der Waals surface area contributed by atoms with E-state index in [0.29, 0.717) is 16.1 Å². The van der Waals surface area contributed by atoms with Gasteiger partial charge in [-0.05, 0) is 49.2 Å². The van der Waals surface area contributed by atoms with Crippen molar-refractivity contribution in [2.24, 2.45) is 0 Å². The third-order valence-corrected chi connectivity index (χ3v) is 4.83. The number of anilines is 1. The fourth-order valence-corrected chi connectivity index (χ4v) is 3.71. The molecule has 0 aliphatic rings. The molecule has 0 atom stereocenters. The van der Waals surface area contributed by atoms with Crippen LogP contribution in [0.3, 0.4) is 0 Å². The van der Waals surface area contributed by atoms with E-state index in [0.717, 1.165) is 22.8 Å². The lowest BCUT2D eigenvalue weighted by atomic mass is 10.0. The van der Waals surface area contributed by atoms with Crippen molar-refractivity contribution in [3.8, 4) is 17.0 Å². The second kappa shape index (κ2) is 6.28. The van der Waals surface area contributed by atoms with Gasteiger partial charge in [0.1, 0.15) is 0 Å². The van der Waals surface area contributed by atoms with Crippen molar-refractivity contribution < 1.29 is 13.5 Å². The maximum absolute atomic E-state index is 11.4. The molecule has 0 aliphatic heterocycles. The standard InChI is InChI=1S/C18H19ClN2O3S/c1-11(2)21-10-14-7-13(9-16(19)17(14)18(21)22)12-5-4-6-15(8-12)20-25(3,23)24/h4-11,20,22H,1-3H3. The zero-order chi connectivity index (χ0) is 18.4. The third kappa shape index (κ3) is 3.60. The normalized spacial score (nSPS) is 12.0. The average molecular weight is 379 g/mol. The van der Waals surface area contributed by atoms with Crippen LogP contribution in [-0.2, 0) is 10.0 Å². The van der Waals surface area contributed by atoms with E-state index in [1.807, 2.05) is 32.2 Å². The van der Waals surface area contributed by atoms with Gasteiger partial charge in [-0.15, -0.1) is 0 Å². The predicted molar refractivity (Wildman–Crippen MR) is 103 cm³/mol. The van der Waals surface area contributed by atoms with Gasteiger partial charge in [0.2, 0.25) is 15.9 Å². The molecule has 0 saturated heterocycles. The van der Waals surface area contributed by atoms with Crippen molar-refractivity contribution >= 4 is 38.1 Å². The van der Waals surface area contributed by atoms with Crippen LogP contribution in [-0.4, -0.2) is 24.3 Å². The monoisotopic (exact) mass is 378 g/mol. The molecule has 1 aromatic heterocycles. The molecule has 0 amide bonds. The summed E-state index contributed by atoms with van der Waals surface area (Å²) in [5, 5.41) is 12.3. The van der Waals surface area contributed by atoms with Gasteiger partial charge < -0.3 is 9.67 Å². The van der Waals surface area contributed by atoms with Crippen LogP contribution in [0.1, 0.15) is 19.9 Å². The molecular formula is C18H19ClN2O3S. The minimum absolute atomic E-state index is 0.106. The predicted octanol–water partition coefficient (Wildman–Crippen LogP) is 4.62. The molecule has 7 heteroatoms. The van der Waals surface area contributed by atoms with E-state index in [2.05, 4.69) is 4.72 Å². The van der Waals surface area contributed by atoms with E-state index in [4.69, 9.17) is 11.6 Å². The Balaban J connectivity index is 2.12. The SMILES string of the molecule is CC(C)n1cc2cc(-c3cccc(NS(C)(=O)=O)c3)cc(Cl)c2c1O. The molecule has 0 spiro atoms. The van der Waals surface area contributed by atoms with E-state index >= 15 is 0 Å². The molecule has 2 N–H and O–H groups in total. The number of benzene rings is 2. The fourth-order valence-electron chi connectivity index (χ4n) is 2.84. The number of rotatable bonds is 4. The van der Waals surface area contributed by atoms with Crippen molar-refractivity contribution in [2.75, 3.05) is 11.0 Å². The summed E-state index contributed by atoms with van der Waals surface area (Å²) < 4.78 is 27.1. The number of nitrogens with zero attached hydrogens (tertiary/aromatic N) is 1. The maximum Gasteiger partial charge on any atom is 0.229 e. The van der Waals surface area contributed by atoms with E-state index in [9.17, 15) is 13.5 Å². The van der Waals surface area contributed by atoms with Crippen molar-refractivity contribution in [3.05, 3.63) is 47.6 Å². The Morgan fingerprint density at radius 3 is 2.52 bits per heavy atom. The second-order valence-corrected chi connectivity index (χ2v) is 8.49. The number of fused-ring (bicyclic) bond motifs is 1. The number of nitrogens with one attached hydrogen (secondary N) is 1. The van der Waals surface area contributed by atoms with Crippen LogP contribution in [0.2, 0.25) is 5.02 Å². The highest BCUT2D eigenvalue weighted by molar-refractivity contribution is 7.92. The van der Waals surface area contributed by atoms with Crippen LogP contribution < -0.4 is 4.72 Å². The van der Waals surface area contributed by atoms with E-state index in [-0.39, 0.29) is 11.9 Å². The number of sulfonamides is 1. The first-order valence-corrected chi connectivity index (χ1v) is 10.0. The molecule has 2 aromatic carbocycles. The highest BCUT2D eigenvalue weighted by Crippen LogP contribution is 2.38. The van der Waals surface area contributed by atoms with Gasteiger partial charge in [0.05, 0.1) is 16.7 Å². The van der Waals surface area contributed by atoms with Crippen LogP contribution >= 0.6 is 11.6 Å². The zero-order valence-corrected chi connectivity index (χ0v) is 15.7. The minimum atomic E-state index is -3.34. The number of hydrogen-bond acceptors (Lipinski definition) is 3. The Bertz CT molecular complexity index is 1060. The van der Waals surface area contributed by atoms with Gasteiger partial charge in [-0.25, -0.2) is 8.42 Å². The Kier molecular flexibility index (Phi) is 4.43. The molecule has 1 heterocycles. The van der Waals surface area contributed by atoms with Crippen LogP contribution in [0.15, 0.2) is 42.6 Å². The second-order valence-electron chi connectivity index (χ2n) is 6.33. The molecule has 5 nitrogen and oxygen atoms in total. The third-order valence-electron chi connectivity index (χ3n) is 3.92. The van der Waals surface area contributed by atoms with Crippen molar-refractivity contribution in [1.29, 1.82) is 0 Å². The first kappa shape index (κ1) is 17.6. The Hall–Kier alpha value is -2.18. The minimum Gasteiger partial charge on any atom is -0.494 e. The lowest BCUT2D eigenvalue weighted by Gasteiger charge is -2.08. The Morgan fingerprint density at radius 1 is 1.16 bits per heavy atom. The van der Waals surface area contributed by atoms with E-state index in [1.165, 1.54) is 0 Å². The summed E-state index contributed by atoms with van der Waals surface area (Å²) in [6.07, 6.45) is 2.98. The number of aromatic nitrogens is 1. The van der Waals surface area contributed by atoms with Crippen molar-refractivity contribution in [3.63, 3.8) is 0 Å². The first-order chi connectivity index (χ1) is 11.7. The highest BCUT2D eigenvalue weighted by Gasteiger charge is 2.15. The molecule has 3 rings (SSSR count). The van der Waals surface area contributed by atoms with Crippen LogP contribution in [0.4, 0.5) is 5.69 Å². The van der Waals surface area contributed by atoms with E-state index < -0.39 is 10.0 Å². The van der Waals surface area contributed by atoms with Gasteiger partial charge in [-0.3, -0.25) is 4.72 Å². The zero-order valence-electron chi connectivity index (χ0n) is 14.1. The summed E-state index contributed by atoms with van der Waals surface area (Å²) >= 11 is 6.40. The molecule has 132 valence electrons. The maximum atomic E-state index is 11.4. The lowest BCUT2D eigenvalue weighted by Crippen LogP contribution is -2.09. The van der Waals surface area contributed by atoms with Gasteiger partial charge >= 0.3 is 0 Å². The number of hydrogen-bond donors (Lipinski definition) is 2. The smallest absolute Gasteiger partial charge is 0.229 e. The molecule has 25 heavy (non-hydrogen) atoms. The average Bonchev–Trinajstić information content (AvgIpc) is 2.83. The van der Waals surface area contributed by atoms with Gasteiger partial charge in [-0.2, -0.15) is 0 Å². The van der Waals surface area contributed by atoms with Crippen molar-refractivity contribution in [2.45, 2.75) is 19.9 Å². The van der Waals surface area contributed by atoms with Crippen LogP contribution in [0.5, 0.6) is 5.88 Å². The first-order valence-electron chi connectivity index (χ1n) is 7.77. The highest BCUT2D eigenvalue weighted by atomic mass is 35.5. The largest absolute Gasteiger partial charge is 0.494 e. The molecule has 0 saturated carbocycles. The van der Waals surface area contributed by atoms with Gasteiger partial charge in [0.25, 0.3) is 0 Å². The molecule has 3 aromatic rings. The molecular weight excluding hydrogens is 360 g/mol. The summed E-state index contributed by atoms with van der Waals surface area (Å²) in [6, 6.07) is 10.9. The topological polar surface area (TPSA) is 71.3 Å². The van der Waals surface area contributed by atoms with Gasteiger partial charge in [0, 0.05) is 23.3 Å². The van der Waals surface area contributed by atoms with E-state index in [1.54, 1.807) is 28.8 Å². The summed E-state index contributed by atoms with van der Waals surface area (Å²) in [4.78, 5) is 0.